The lowest BCUT2D eigenvalue weighted by molar-refractivity contribution is -0.140. The highest BCUT2D eigenvalue weighted by molar-refractivity contribution is 6.33. The Hall–Kier alpha value is -1.75. The van der Waals surface area contributed by atoms with Crippen LogP contribution in [0.4, 0.5) is 5.69 Å². The third-order valence-corrected chi connectivity index (χ3v) is 3.37. The van der Waals surface area contributed by atoms with Crippen LogP contribution >= 0.6 is 11.6 Å². The summed E-state index contributed by atoms with van der Waals surface area (Å²) in [5, 5.41) is 12.0. The molecule has 0 saturated heterocycles. The standard InChI is InChI=1S/C13H17ClN2O3/c1-3-7(2)11(13(18)19)16-12(17)8-4-5-9(14)10(15)6-8/h4-7,11H,3,15H2,1-2H3,(H,16,17)(H,18,19)/t7-,11-/m0/s1. The number of benzene rings is 1. The molecule has 4 N–H and O–H groups in total. The van der Waals surface area contributed by atoms with Crippen molar-refractivity contribution >= 4 is 29.2 Å². The topological polar surface area (TPSA) is 92.4 Å². The third kappa shape index (κ3) is 3.86. The summed E-state index contributed by atoms with van der Waals surface area (Å²) < 4.78 is 0. The number of hydrogen-bond acceptors (Lipinski definition) is 3. The van der Waals surface area contributed by atoms with Gasteiger partial charge in [0.25, 0.3) is 5.91 Å². The summed E-state index contributed by atoms with van der Waals surface area (Å²) in [6, 6.07) is 3.51. The van der Waals surface area contributed by atoms with E-state index in [2.05, 4.69) is 5.32 Å². The van der Waals surface area contributed by atoms with Crippen molar-refractivity contribution in [3.05, 3.63) is 28.8 Å². The largest absolute Gasteiger partial charge is 0.480 e. The van der Waals surface area contributed by atoms with E-state index in [1.807, 2.05) is 6.92 Å². The van der Waals surface area contributed by atoms with Crippen LogP contribution < -0.4 is 11.1 Å². The van der Waals surface area contributed by atoms with Crippen molar-refractivity contribution in [2.75, 3.05) is 5.73 Å². The first kappa shape index (κ1) is 15.3. The Kier molecular flexibility index (Phi) is 5.18. The van der Waals surface area contributed by atoms with Gasteiger partial charge in [0.2, 0.25) is 0 Å². The average molecular weight is 285 g/mol. The molecule has 0 aliphatic carbocycles. The molecule has 0 aromatic heterocycles. The first-order valence-corrected chi connectivity index (χ1v) is 6.33. The van der Waals surface area contributed by atoms with E-state index in [0.29, 0.717) is 11.4 Å². The van der Waals surface area contributed by atoms with Gasteiger partial charge in [-0.2, -0.15) is 0 Å². The van der Waals surface area contributed by atoms with Crippen molar-refractivity contribution < 1.29 is 14.7 Å². The van der Waals surface area contributed by atoms with Crippen molar-refractivity contribution in [3.8, 4) is 0 Å². The Morgan fingerprint density at radius 2 is 2.11 bits per heavy atom. The minimum absolute atomic E-state index is 0.161. The fourth-order valence-corrected chi connectivity index (χ4v) is 1.71. The number of hydrogen-bond donors (Lipinski definition) is 3. The molecule has 0 radical (unpaired) electrons. The number of carboxylic acid groups (broad SMARTS) is 1. The first-order chi connectivity index (χ1) is 8.86. The van der Waals surface area contributed by atoms with Crippen LogP contribution in [-0.4, -0.2) is 23.0 Å². The smallest absolute Gasteiger partial charge is 0.326 e. The summed E-state index contributed by atoms with van der Waals surface area (Å²) in [4.78, 5) is 23.1. The van der Waals surface area contributed by atoms with Crippen LogP contribution in [0, 0.1) is 5.92 Å². The summed E-state index contributed by atoms with van der Waals surface area (Å²) in [5.41, 5.74) is 6.18. The van der Waals surface area contributed by atoms with Crippen LogP contribution in [0.2, 0.25) is 5.02 Å². The second kappa shape index (κ2) is 6.43. The van der Waals surface area contributed by atoms with Gasteiger partial charge in [-0.3, -0.25) is 4.79 Å². The monoisotopic (exact) mass is 284 g/mol. The zero-order valence-corrected chi connectivity index (χ0v) is 11.6. The summed E-state index contributed by atoms with van der Waals surface area (Å²) in [7, 11) is 0. The Morgan fingerprint density at radius 3 is 2.58 bits per heavy atom. The van der Waals surface area contributed by atoms with Gasteiger partial charge < -0.3 is 16.2 Å². The highest BCUT2D eigenvalue weighted by Gasteiger charge is 2.25. The number of amides is 1. The quantitative estimate of drug-likeness (QED) is 0.722. The number of anilines is 1. The summed E-state index contributed by atoms with van der Waals surface area (Å²) in [6.07, 6.45) is 0.653. The molecule has 0 saturated carbocycles. The molecule has 0 heterocycles. The van der Waals surface area contributed by atoms with Crippen LogP contribution in [0.5, 0.6) is 0 Å². The summed E-state index contributed by atoms with van der Waals surface area (Å²) in [6.45, 7) is 3.64. The van der Waals surface area contributed by atoms with E-state index in [4.69, 9.17) is 22.4 Å². The van der Waals surface area contributed by atoms with E-state index in [0.717, 1.165) is 0 Å². The van der Waals surface area contributed by atoms with Gasteiger partial charge in [0, 0.05) is 5.56 Å². The van der Waals surface area contributed by atoms with Crippen LogP contribution in [-0.2, 0) is 4.79 Å². The van der Waals surface area contributed by atoms with E-state index >= 15 is 0 Å². The molecule has 5 nitrogen and oxygen atoms in total. The van der Waals surface area contributed by atoms with E-state index in [1.165, 1.54) is 18.2 Å². The molecule has 0 fully saturated rings. The van der Waals surface area contributed by atoms with Gasteiger partial charge in [-0.25, -0.2) is 4.79 Å². The second-order valence-corrected chi connectivity index (χ2v) is 4.82. The van der Waals surface area contributed by atoms with E-state index in [-0.39, 0.29) is 17.2 Å². The number of carbonyl (C=O) groups is 2. The Labute approximate surface area is 116 Å². The zero-order chi connectivity index (χ0) is 14.6. The Morgan fingerprint density at radius 1 is 1.47 bits per heavy atom. The number of rotatable bonds is 5. The first-order valence-electron chi connectivity index (χ1n) is 5.95. The molecule has 0 aliphatic rings. The fourth-order valence-electron chi connectivity index (χ4n) is 1.59. The maximum Gasteiger partial charge on any atom is 0.326 e. The van der Waals surface area contributed by atoms with Gasteiger partial charge in [0.05, 0.1) is 10.7 Å². The summed E-state index contributed by atoms with van der Waals surface area (Å²) >= 11 is 5.76. The van der Waals surface area contributed by atoms with Crippen LogP contribution in [0.1, 0.15) is 30.6 Å². The zero-order valence-electron chi connectivity index (χ0n) is 10.8. The van der Waals surface area contributed by atoms with E-state index < -0.39 is 17.9 Å². The molecular weight excluding hydrogens is 268 g/mol. The highest BCUT2D eigenvalue weighted by Crippen LogP contribution is 2.19. The van der Waals surface area contributed by atoms with E-state index in [1.54, 1.807) is 6.92 Å². The molecule has 6 heteroatoms. The molecule has 0 unspecified atom stereocenters. The number of aliphatic carboxylic acids is 1. The molecule has 19 heavy (non-hydrogen) atoms. The Bertz CT molecular complexity index is 491. The fraction of sp³-hybridized carbons (Fsp3) is 0.385. The van der Waals surface area contributed by atoms with Gasteiger partial charge in [0.1, 0.15) is 6.04 Å². The minimum Gasteiger partial charge on any atom is -0.480 e. The molecule has 2 atom stereocenters. The number of carbonyl (C=O) groups excluding carboxylic acids is 1. The molecule has 1 aromatic rings. The van der Waals surface area contributed by atoms with Crippen molar-refractivity contribution in [3.63, 3.8) is 0 Å². The molecule has 1 amide bonds. The molecule has 1 aromatic carbocycles. The lowest BCUT2D eigenvalue weighted by atomic mass is 9.99. The number of halogens is 1. The normalized spacial score (nSPS) is 13.6. The number of nitrogens with one attached hydrogen (secondary N) is 1. The maximum atomic E-state index is 12.0. The molecule has 0 spiro atoms. The summed E-state index contributed by atoms with van der Waals surface area (Å²) in [5.74, 6) is -1.69. The van der Waals surface area contributed by atoms with Crippen molar-refractivity contribution in [1.29, 1.82) is 0 Å². The molecule has 0 bridgehead atoms. The van der Waals surface area contributed by atoms with Crippen molar-refractivity contribution in [2.24, 2.45) is 5.92 Å². The number of nitrogens with two attached hydrogens (primary N) is 1. The van der Waals surface area contributed by atoms with Crippen LogP contribution in [0.3, 0.4) is 0 Å². The lowest BCUT2D eigenvalue weighted by Crippen LogP contribution is -2.45. The van der Waals surface area contributed by atoms with Crippen LogP contribution in [0.15, 0.2) is 18.2 Å². The second-order valence-electron chi connectivity index (χ2n) is 4.41. The lowest BCUT2D eigenvalue weighted by Gasteiger charge is -2.20. The maximum absolute atomic E-state index is 12.0. The SMILES string of the molecule is CC[C@H](C)[C@H](NC(=O)c1ccc(Cl)c(N)c1)C(=O)O. The third-order valence-electron chi connectivity index (χ3n) is 3.02. The van der Waals surface area contributed by atoms with Crippen molar-refractivity contribution in [1.82, 2.24) is 5.32 Å². The molecule has 104 valence electrons. The molecule has 0 aliphatic heterocycles. The average Bonchev–Trinajstić information content (AvgIpc) is 2.37. The van der Waals surface area contributed by atoms with Crippen LogP contribution in [0.25, 0.3) is 0 Å². The number of carboxylic acids is 1. The van der Waals surface area contributed by atoms with Crippen molar-refractivity contribution in [2.45, 2.75) is 26.3 Å². The predicted octanol–water partition coefficient (Wildman–Crippen LogP) is 2.15. The molecular formula is C13H17ClN2O3. The minimum atomic E-state index is -1.05. The number of nitrogen functional groups attached to an aromatic ring is 1. The van der Waals surface area contributed by atoms with Gasteiger partial charge >= 0.3 is 5.97 Å². The van der Waals surface area contributed by atoms with E-state index in [9.17, 15) is 9.59 Å². The predicted molar refractivity (Wildman–Crippen MR) is 74.2 cm³/mol. The van der Waals surface area contributed by atoms with Gasteiger partial charge in [-0.05, 0) is 24.1 Å². The highest BCUT2D eigenvalue weighted by atomic mass is 35.5. The Balaban J connectivity index is 2.87. The van der Waals surface area contributed by atoms with Gasteiger partial charge in [0.15, 0.2) is 0 Å². The molecule has 1 rings (SSSR count). The van der Waals surface area contributed by atoms with Gasteiger partial charge in [-0.1, -0.05) is 31.9 Å². The van der Waals surface area contributed by atoms with Gasteiger partial charge in [-0.15, -0.1) is 0 Å².